The van der Waals surface area contributed by atoms with Crippen LogP contribution in [0.2, 0.25) is 0 Å². The number of rotatable bonds is 6. The number of halogens is 2. The number of alkyl halides is 2. The molecule has 0 heterocycles. The molecule has 0 fully saturated rings. The molecule has 0 atom stereocenters. The Morgan fingerprint density at radius 2 is 1.31 bits per heavy atom. The minimum Gasteiger partial charge on any atom is -0.378 e. The number of hydrogen-bond acceptors (Lipinski definition) is 2. The number of benzene rings is 1. The predicted molar refractivity (Wildman–Crippen MR) is 74.4 cm³/mol. The van der Waals surface area contributed by atoms with Gasteiger partial charge < -0.3 is 9.80 Å². The van der Waals surface area contributed by atoms with E-state index in [2.05, 4.69) is 34.1 Å². The second-order valence-electron chi connectivity index (χ2n) is 3.78. The molecular formula is C12H18Cl2N2. The maximum absolute atomic E-state index is 5.77. The number of anilines is 2. The topological polar surface area (TPSA) is 6.48 Å². The van der Waals surface area contributed by atoms with E-state index in [0.717, 1.165) is 13.1 Å². The van der Waals surface area contributed by atoms with Crippen molar-refractivity contribution in [1.82, 2.24) is 0 Å². The van der Waals surface area contributed by atoms with Crippen LogP contribution in [0.3, 0.4) is 0 Å². The molecule has 2 nitrogen and oxygen atoms in total. The van der Waals surface area contributed by atoms with Gasteiger partial charge in [-0.25, -0.2) is 0 Å². The molecule has 4 heteroatoms. The fraction of sp³-hybridized carbons (Fsp3) is 0.500. The van der Waals surface area contributed by atoms with Crippen LogP contribution in [0.15, 0.2) is 24.3 Å². The van der Waals surface area contributed by atoms with E-state index in [1.54, 1.807) is 0 Å². The molecule has 0 saturated heterocycles. The highest BCUT2D eigenvalue weighted by molar-refractivity contribution is 6.18. The molecular weight excluding hydrogens is 243 g/mol. The van der Waals surface area contributed by atoms with E-state index in [1.165, 1.54) is 11.4 Å². The average molecular weight is 261 g/mol. The molecule has 0 aliphatic carbocycles. The normalized spacial score (nSPS) is 10.2. The molecule has 0 radical (unpaired) electrons. The number of nitrogens with zero attached hydrogens (tertiary/aromatic N) is 2. The van der Waals surface area contributed by atoms with Crippen LogP contribution in [0.4, 0.5) is 11.4 Å². The van der Waals surface area contributed by atoms with Gasteiger partial charge in [0.05, 0.1) is 0 Å². The van der Waals surface area contributed by atoms with Gasteiger partial charge in [-0.15, -0.1) is 23.2 Å². The minimum atomic E-state index is 0.617. The van der Waals surface area contributed by atoms with E-state index in [0.29, 0.717) is 11.8 Å². The van der Waals surface area contributed by atoms with Crippen molar-refractivity contribution in [3.8, 4) is 0 Å². The summed E-state index contributed by atoms with van der Waals surface area (Å²) in [5.41, 5.74) is 2.37. The first kappa shape index (κ1) is 13.5. The summed E-state index contributed by atoms with van der Waals surface area (Å²) in [7, 11) is 4.06. The molecule has 0 spiro atoms. The molecule has 0 aromatic heterocycles. The van der Waals surface area contributed by atoms with Gasteiger partial charge in [0.2, 0.25) is 0 Å². The Bertz CT molecular complexity index is 292. The first-order chi connectivity index (χ1) is 7.69. The lowest BCUT2D eigenvalue weighted by Crippen LogP contribution is -2.27. The Balaban J connectivity index is 2.76. The monoisotopic (exact) mass is 260 g/mol. The van der Waals surface area contributed by atoms with E-state index in [1.807, 2.05) is 14.1 Å². The molecule has 0 amide bonds. The maximum Gasteiger partial charge on any atom is 0.0399 e. The summed E-state index contributed by atoms with van der Waals surface area (Å²) >= 11 is 11.5. The average Bonchev–Trinajstić information content (AvgIpc) is 2.29. The van der Waals surface area contributed by atoms with Crippen LogP contribution in [-0.4, -0.2) is 38.9 Å². The van der Waals surface area contributed by atoms with Crippen molar-refractivity contribution in [2.75, 3.05) is 48.7 Å². The van der Waals surface area contributed by atoms with Crippen LogP contribution in [0.1, 0.15) is 0 Å². The lowest BCUT2D eigenvalue weighted by atomic mass is 10.2. The van der Waals surface area contributed by atoms with Crippen LogP contribution in [-0.2, 0) is 0 Å². The van der Waals surface area contributed by atoms with E-state index in [-0.39, 0.29) is 0 Å². The van der Waals surface area contributed by atoms with Gasteiger partial charge in [-0.3, -0.25) is 0 Å². The van der Waals surface area contributed by atoms with Crippen molar-refractivity contribution in [2.24, 2.45) is 0 Å². The van der Waals surface area contributed by atoms with E-state index >= 15 is 0 Å². The minimum absolute atomic E-state index is 0.617. The van der Waals surface area contributed by atoms with Crippen molar-refractivity contribution >= 4 is 34.6 Å². The van der Waals surface area contributed by atoms with Gasteiger partial charge in [-0.05, 0) is 24.3 Å². The van der Waals surface area contributed by atoms with Crippen LogP contribution in [0.25, 0.3) is 0 Å². The highest BCUT2D eigenvalue weighted by Gasteiger charge is 2.05. The van der Waals surface area contributed by atoms with Crippen molar-refractivity contribution < 1.29 is 0 Å². The lowest BCUT2D eigenvalue weighted by Gasteiger charge is -2.23. The first-order valence-corrected chi connectivity index (χ1v) is 6.40. The highest BCUT2D eigenvalue weighted by atomic mass is 35.5. The quantitative estimate of drug-likeness (QED) is 0.726. The van der Waals surface area contributed by atoms with Crippen LogP contribution in [0, 0.1) is 0 Å². The molecule has 90 valence electrons. The molecule has 1 rings (SSSR count). The van der Waals surface area contributed by atoms with Crippen molar-refractivity contribution in [1.29, 1.82) is 0 Å². The summed E-state index contributed by atoms with van der Waals surface area (Å²) in [5.74, 6) is 1.23. The van der Waals surface area contributed by atoms with E-state index in [9.17, 15) is 0 Å². The third kappa shape index (κ3) is 3.76. The molecule has 0 unspecified atom stereocenters. The third-order valence-corrected chi connectivity index (χ3v) is 2.78. The van der Waals surface area contributed by atoms with Crippen LogP contribution in [0.5, 0.6) is 0 Å². The van der Waals surface area contributed by atoms with Gasteiger partial charge in [-0.1, -0.05) is 0 Å². The Hall–Kier alpha value is -0.600. The van der Waals surface area contributed by atoms with Gasteiger partial charge in [0.25, 0.3) is 0 Å². The molecule has 0 N–H and O–H groups in total. The Labute approximate surface area is 108 Å². The summed E-state index contributed by atoms with van der Waals surface area (Å²) in [4.78, 5) is 4.27. The Morgan fingerprint density at radius 3 is 1.69 bits per heavy atom. The zero-order valence-electron chi connectivity index (χ0n) is 9.79. The number of hydrogen-bond donors (Lipinski definition) is 0. The van der Waals surface area contributed by atoms with Gasteiger partial charge >= 0.3 is 0 Å². The summed E-state index contributed by atoms with van der Waals surface area (Å²) in [6, 6.07) is 8.42. The SMILES string of the molecule is CN(C)c1ccc(N(CCCl)CCCl)cc1. The second kappa shape index (κ2) is 6.87. The summed E-state index contributed by atoms with van der Waals surface area (Å²) < 4.78 is 0. The van der Waals surface area contributed by atoms with Crippen LogP contribution < -0.4 is 9.80 Å². The highest BCUT2D eigenvalue weighted by Crippen LogP contribution is 2.19. The van der Waals surface area contributed by atoms with Crippen LogP contribution >= 0.6 is 23.2 Å². The predicted octanol–water partition coefficient (Wildman–Crippen LogP) is 3.04. The van der Waals surface area contributed by atoms with Gasteiger partial charge in [0.1, 0.15) is 0 Å². The first-order valence-electron chi connectivity index (χ1n) is 5.33. The van der Waals surface area contributed by atoms with Gasteiger partial charge in [-0.2, -0.15) is 0 Å². The fourth-order valence-electron chi connectivity index (χ4n) is 1.54. The fourth-order valence-corrected chi connectivity index (χ4v) is 1.94. The zero-order chi connectivity index (χ0) is 12.0. The lowest BCUT2D eigenvalue weighted by molar-refractivity contribution is 0.874. The third-order valence-electron chi connectivity index (χ3n) is 2.44. The van der Waals surface area contributed by atoms with Crippen molar-refractivity contribution in [2.45, 2.75) is 0 Å². The zero-order valence-corrected chi connectivity index (χ0v) is 11.3. The Morgan fingerprint density at radius 1 is 0.875 bits per heavy atom. The van der Waals surface area contributed by atoms with Crippen molar-refractivity contribution in [3.05, 3.63) is 24.3 Å². The molecule has 0 saturated carbocycles. The second-order valence-corrected chi connectivity index (χ2v) is 4.53. The molecule has 1 aromatic rings. The van der Waals surface area contributed by atoms with Crippen molar-refractivity contribution in [3.63, 3.8) is 0 Å². The molecule has 0 aliphatic rings. The molecule has 16 heavy (non-hydrogen) atoms. The molecule has 1 aromatic carbocycles. The van der Waals surface area contributed by atoms with Gasteiger partial charge in [0, 0.05) is 50.3 Å². The molecule has 0 aliphatic heterocycles. The smallest absolute Gasteiger partial charge is 0.0399 e. The Kier molecular flexibility index (Phi) is 5.78. The standard InChI is InChI=1S/C12H18Cl2N2/c1-15(2)11-3-5-12(6-4-11)16(9-7-13)10-8-14/h3-6H,7-10H2,1-2H3. The summed E-state index contributed by atoms with van der Waals surface area (Å²) in [6.07, 6.45) is 0. The molecule has 0 bridgehead atoms. The largest absolute Gasteiger partial charge is 0.378 e. The van der Waals surface area contributed by atoms with E-state index in [4.69, 9.17) is 23.2 Å². The summed E-state index contributed by atoms with van der Waals surface area (Å²) in [6.45, 7) is 1.66. The summed E-state index contributed by atoms with van der Waals surface area (Å²) in [5, 5.41) is 0. The van der Waals surface area contributed by atoms with Gasteiger partial charge in [0.15, 0.2) is 0 Å². The van der Waals surface area contributed by atoms with E-state index < -0.39 is 0 Å². The maximum atomic E-state index is 5.77.